The SMILES string of the molecule is O=C(NCCCNc1ccnc2cc(Cl)ccc12)C1CCN(S(=O)(=O)c2ccccc2)CC1. The number of hydrogen-bond donors (Lipinski definition) is 2. The van der Waals surface area contributed by atoms with Gasteiger partial charge in [0.1, 0.15) is 0 Å². The lowest BCUT2D eigenvalue weighted by molar-refractivity contribution is -0.126. The minimum Gasteiger partial charge on any atom is -0.384 e. The lowest BCUT2D eigenvalue weighted by Gasteiger charge is -2.30. The van der Waals surface area contributed by atoms with Gasteiger partial charge in [0.15, 0.2) is 0 Å². The van der Waals surface area contributed by atoms with E-state index in [1.54, 1.807) is 36.5 Å². The van der Waals surface area contributed by atoms with Crippen LogP contribution in [0.1, 0.15) is 19.3 Å². The number of pyridine rings is 1. The minimum absolute atomic E-state index is 0.00392. The Kier molecular flexibility index (Phi) is 7.47. The molecule has 4 rings (SSSR count). The van der Waals surface area contributed by atoms with Gasteiger partial charge in [0.05, 0.1) is 10.4 Å². The molecule has 7 nitrogen and oxygen atoms in total. The van der Waals surface area contributed by atoms with E-state index in [9.17, 15) is 13.2 Å². The maximum absolute atomic E-state index is 12.7. The molecule has 2 heterocycles. The number of hydrogen-bond acceptors (Lipinski definition) is 5. The number of halogens is 1. The van der Waals surface area contributed by atoms with Gasteiger partial charge in [0, 0.05) is 54.4 Å². The van der Waals surface area contributed by atoms with Crippen molar-refractivity contribution in [3.05, 3.63) is 65.8 Å². The molecule has 2 N–H and O–H groups in total. The highest BCUT2D eigenvalue weighted by atomic mass is 35.5. The van der Waals surface area contributed by atoms with Crippen molar-refractivity contribution >= 4 is 44.1 Å². The first-order valence-corrected chi connectivity index (χ1v) is 12.9. The van der Waals surface area contributed by atoms with Crippen LogP contribution in [-0.2, 0) is 14.8 Å². The lowest BCUT2D eigenvalue weighted by Crippen LogP contribution is -2.43. The number of carbonyl (C=O) groups excluding carboxylic acids is 1. The van der Waals surface area contributed by atoms with Crippen LogP contribution in [0.15, 0.2) is 65.7 Å². The molecule has 1 amide bonds. The summed E-state index contributed by atoms with van der Waals surface area (Å²) < 4.78 is 26.9. The first kappa shape index (κ1) is 23.5. The summed E-state index contributed by atoms with van der Waals surface area (Å²) in [7, 11) is -3.50. The first-order valence-electron chi connectivity index (χ1n) is 11.1. The highest BCUT2D eigenvalue weighted by Crippen LogP contribution is 2.25. The second-order valence-corrected chi connectivity index (χ2v) is 10.5. The second kappa shape index (κ2) is 10.5. The van der Waals surface area contributed by atoms with Crippen LogP contribution in [-0.4, -0.2) is 49.8 Å². The Morgan fingerprint density at radius 1 is 1.06 bits per heavy atom. The molecular weight excluding hydrogens is 460 g/mol. The van der Waals surface area contributed by atoms with Gasteiger partial charge < -0.3 is 10.6 Å². The fraction of sp³-hybridized carbons (Fsp3) is 0.333. The average molecular weight is 487 g/mol. The molecule has 0 unspecified atom stereocenters. The molecule has 0 radical (unpaired) electrons. The van der Waals surface area contributed by atoms with Gasteiger partial charge in [-0.1, -0.05) is 29.8 Å². The van der Waals surface area contributed by atoms with E-state index in [4.69, 9.17) is 11.6 Å². The van der Waals surface area contributed by atoms with Gasteiger partial charge in [-0.25, -0.2) is 8.42 Å². The molecule has 0 aliphatic carbocycles. The summed E-state index contributed by atoms with van der Waals surface area (Å²) in [5, 5.41) is 8.04. The normalized spacial score (nSPS) is 15.4. The Morgan fingerprint density at radius 3 is 2.58 bits per heavy atom. The van der Waals surface area contributed by atoms with Crippen LogP contribution in [0.4, 0.5) is 5.69 Å². The van der Waals surface area contributed by atoms with Crippen LogP contribution >= 0.6 is 11.6 Å². The van der Waals surface area contributed by atoms with Crippen molar-refractivity contribution in [2.24, 2.45) is 5.92 Å². The summed E-state index contributed by atoms with van der Waals surface area (Å²) in [6.45, 7) is 1.98. The van der Waals surface area contributed by atoms with Crippen LogP contribution in [0.5, 0.6) is 0 Å². The van der Waals surface area contributed by atoms with Crippen LogP contribution in [0.2, 0.25) is 5.02 Å². The number of nitrogens with one attached hydrogen (secondary N) is 2. The van der Waals surface area contributed by atoms with Crippen molar-refractivity contribution in [3.8, 4) is 0 Å². The number of aromatic nitrogens is 1. The van der Waals surface area contributed by atoms with Gasteiger partial charge in [-0.3, -0.25) is 9.78 Å². The predicted octanol–water partition coefficient (Wildman–Crippen LogP) is 3.91. The third-order valence-corrected chi connectivity index (χ3v) is 8.03. The molecule has 1 aliphatic rings. The summed E-state index contributed by atoms with van der Waals surface area (Å²) in [4.78, 5) is 17.2. The van der Waals surface area contributed by atoms with E-state index >= 15 is 0 Å². The highest BCUT2D eigenvalue weighted by molar-refractivity contribution is 7.89. The van der Waals surface area contributed by atoms with Crippen molar-refractivity contribution in [2.45, 2.75) is 24.2 Å². The molecule has 3 aromatic rings. The summed E-state index contributed by atoms with van der Waals surface area (Å²) in [5.74, 6) is -0.162. The van der Waals surface area contributed by atoms with Crippen LogP contribution < -0.4 is 10.6 Å². The quantitative estimate of drug-likeness (QED) is 0.471. The van der Waals surface area contributed by atoms with Gasteiger partial charge in [-0.15, -0.1) is 0 Å². The summed E-state index contributed by atoms with van der Waals surface area (Å²) in [6, 6.07) is 16.0. The fourth-order valence-electron chi connectivity index (χ4n) is 4.04. The highest BCUT2D eigenvalue weighted by Gasteiger charge is 2.31. The van der Waals surface area contributed by atoms with Crippen LogP contribution in [0.25, 0.3) is 10.9 Å². The zero-order valence-electron chi connectivity index (χ0n) is 18.2. The Hall–Kier alpha value is -2.68. The molecule has 0 bridgehead atoms. The maximum Gasteiger partial charge on any atom is 0.243 e. The minimum atomic E-state index is -3.50. The fourth-order valence-corrected chi connectivity index (χ4v) is 5.70. The number of fused-ring (bicyclic) bond motifs is 1. The van der Waals surface area contributed by atoms with Crippen molar-refractivity contribution in [1.29, 1.82) is 0 Å². The number of anilines is 1. The van der Waals surface area contributed by atoms with E-state index in [1.165, 1.54) is 4.31 Å². The standard InChI is InChI=1S/C24H27ClN4O3S/c25-19-7-8-21-22(9-14-27-23(21)17-19)26-12-4-13-28-24(30)18-10-15-29(16-11-18)33(31,32)20-5-2-1-3-6-20/h1-3,5-9,14,17-18H,4,10-13,15-16H2,(H,26,27)(H,28,30). The van der Waals surface area contributed by atoms with Crippen LogP contribution in [0, 0.1) is 5.92 Å². The predicted molar refractivity (Wildman–Crippen MR) is 131 cm³/mol. The molecule has 1 aromatic heterocycles. The second-order valence-electron chi connectivity index (χ2n) is 8.08. The number of carbonyl (C=O) groups is 1. The molecular formula is C24H27ClN4O3S. The van der Waals surface area contributed by atoms with Gasteiger partial charge in [0.25, 0.3) is 0 Å². The maximum atomic E-state index is 12.7. The van der Waals surface area contributed by atoms with Gasteiger partial charge >= 0.3 is 0 Å². The number of amides is 1. The molecule has 1 aliphatic heterocycles. The Balaban J connectivity index is 1.20. The Labute approximate surface area is 199 Å². The molecule has 9 heteroatoms. The zero-order valence-corrected chi connectivity index (χ0v) is 19.8. The third-order valence-electron chi connectivity index (χ3n) is 5.88. The average Bonchev–Trinajstić information content (AvgIpc) is 2.84. The first-order chi connectivity index (χ1) is 15.9. The number of benzene rings is 2. The molecule has 174 valence electrons. The smallest absolute Gasteiger partial charge is 0.243 e. The van der Waals surface area contributed by atoms with Gasteiger partial charge in [-0.2, -0.15) is 4.31 Å². The number of nitrogens with zero attached hydrogens (tertiary/aromatic N) is 2. The topological polar surface area (TPSA) is 91.4 Å². The van der Waals surface area contributed by atoms with Gasteiger partial charge in [-0.05, 0) is 55.7 Å². The summed E-state index contributed by atoms with van der Waals surface area (Å²) in [5.41, 5.74) is 1.82. The third kappa shape index (κ3) is 5.63. The Bertz CT molecular complexity index is 1210. The number of rotatable bonds is 8. The van der Waals surface area contributed by atoms with Crippen LogP contribution in [0.3, 0.4) is 0 Å². The Morgan fingerprint density at radius 2 is 1.82 bits per heavy atom. The molecule has 0 spiro atoms. The zero-order chi connectivity index (χ0) is 23.3. The van der Waals surface area contributed by atoms with Crippen molar-refractivity contribution in [2.75, 3.05) is 31.5 Å². The molecule has 0 saturated carbocycles. The van der Waals surface area contributed by atoms with Crippen molar-refractivity contribution < 1.29 is 13.2 Å². The number of sulfonamides is 1. The summed E-state index contributed by atoms with van der Waals surface area (Å²) in [6.07, 6.45) is 3.57. The van der Waals surface area contributed by atoms with E-state index in [2.05, 4.69) is 15.6 Å². The van der Waals surface area contributed by atoms with Crippen molar-refractivity contribution in [1.82, 2.24) is 14.6 Å². The van der Waals surface area contributed by atoms with E-state index < -0.39 is 10.0 Å². The van der Waals surface area contributed by atoms with Gasteiger partial charge in [0.2, 0.25) is 15.9 Å². The number of piperidine rings is 1. The van der Waals surface area contributed by atoms with E-state index in [0.29, 0.717) is 48.9 Å². The van der Waals surface area contributed by atoms with E-state index in [-0.39, 0.29) is 11.8 Å². The molecule has 1 saturated heterocycles. The lowest BCUT2D eigenvalue weighted by atomic mass is 9.97. The summed E-state index contributed by atoms with van der Waals surface area (Å²) >= 11 is 6.04. The van der Waals surface area contributed by atoms with E-state index in [1.807, 2.05) is 24.3 Å². The van der Waals surface area contributed by atoms with E-state index in [0.717, 1.165) is 23.0 Å². The molecule has 0 atom stereocenters. The largest absolute Gasteiger partial charge is 0.384 e. The van der Waals surface area contributed by atoms with Crippen molar-refractivity contribution in [3.63, 3.8) is 0 Å². The molecule has 2 aromatic carbocycles. The monoisotopic (exact) mass is 486 g/mol. The molecule has 33 heavy (non-hydrogen) atoms. The molecule has 1 fully saturated rings.